The summed E-state index contributed by atoms with van der Waals surface area (Å²) in [5, 5.41) is 0. The van der Waals surface area contributed by atoms with Crippen LogP contribution in [-0.2, 0) is 0 Å². The third-order valence-corrected chi connectivity index (χ3v) is 17.9. The molecule has 0 aliphatic heterocycles. The monoisotopic (exact) mass is 1280 g/mol. The van der Waals surface area contributed by atoms with Gasteiger partial charge in [-0.15, -0.1) is 0 Å². The fourth-order valence-electron chi connectivity index (χ4n) is 12.1. The van der Waals surface area contributed by atoms with Gasteiger partial charge in [-0.1, -0.05) is 362 Å². The molecule has 0 saturated carbocycles. The van der Waals surface area contributed by atoms with Crippen molar-refractivity contribution in [3.8, 4) is 0 Å². The Morgan fingerprint density at radius 2 is 0.350 bits per heavy atom. The molecule has 0 amide bonds. The van der Waals surface area contributed by atoms with Gasteiger partial charge in [-0.25, -0.2) is 0 Å². The first kappa shape index (κ1) is 66.0. The molecule has 100 heavy (non-hydrogen) atoms. The summed E-state index contributed by atoms with van der Waals surface area (Å²) in [6, 6.07) is 117. The van der Waals surface area contributed by atoms with Gasteiger partial charge in [-0.3, -0.25) is 0 Å². The maximum Gasteiger partial charge on any atom is 0.0462 e. The Balaban J connectivity index is 0.609. The Hall–Kier alpha value is -12.6. The predicted molar refractivity (Wildman–Crippen MR) is 434 cm³/mol. The summed E-state index contributed by atoms with van der Waals surface area (Å²) in [6.45, 7) is 8.51. The van der Waals surface area contributed by atoms with Crippen LogP contribution in [0.25, 0.3) is 71.9 Å². The van der Waals surface area contributed by atoms with Crippen LogP contribution in [0.2, 0.25) is 0 Å². The Morgan fingerprint density at radius 3 is 0.550 bits per heavy atom. The molecule has 0 aliphatic carbocycles. The molecule has 0 spiro atoms. The van der Waals surface area contributed by atoms with Gasteiger partial charge < -0.3 is 9.80 Å². The van der Waals surface area contributed by atoms with Gasteiger partial charge in [0.2, 0.25) is 0 Å². The normalized spacial score (nSPS) is 11.6. The van der Waals surface area contributed by atoms with E-state index in [0.717, 1.165) is 89.8 Å². The Bertz CT molecular complexity index is 4630. The molecule has 13 aromatic rings. The van der Waals surface area contributed by atoms with Crippen LogP contribution < -0.4 is 9.80 Å². The van der Waals surface area contributed by atoms with Crippen LogP contribution in [0.15, 0.2) is 352 Å². The summed E-state index contributed by atoms with van der Waals surface area (Å²) in [7, 11) is 0. The lowest BCUT2D eigenvalue weighted by Crippen LogP contribution is -2.09. The third kappa shape index (κ3) is 17.7. The Kier molecular flexibility index (Phi) is 21.4. The largest absolute Gasteiger partial charge is 0.311 e. The average Bonchev–Trinajstić information content (AvgIpc) is 0.871. The van der Waals surface area contributed by atoms with E-state index in [2.05, 4.69) is 450 Å². The van der Waals surface area contributed by atoms with Gasteiger partial charge in [0, 0.05) is 34.1 Å². The zero-order chi connectivity index (χ0) is 68.2. The van der Waals surface area contributed by atoms with Crippen molar-refractivity contribution >= 4 is 106 Å². The van der Waals surface area contributed by atoms with E-state index in [1.165, 1.54) is 55.7 Å². The summed E-state index contributed by atoms with van der Waals surface area (Å²) >= 11 is 0. The maximum absolute atomic E-state index is 2.31. The highest BCUT2D eigenvalue weighted by molar-refractivity contribution is 5.85. The number of hydrogen-bond donors (Lipinski definition) is 0. The molecule has 0 bridgehead atoms. The van der Waals surface area contributed by atoms with Gasteiger partial charge in [0.05, 0.1) is 0 Å². The minimum Gasteiger partial charge on any atom is -0.311 e. The van der Waals surface area contributed by atoms with Gasteiger partial charge >= 0.3 is 0 Å². The van der Waals surface area contributed by atoms with Crippen LogP contribution in [0.4, 0.5) is 34.1 Å². The molecule has 0 saturated heterocycles. The molecule has 13 rings (SSSR count). The van der Waals surface area contributed by atoms with Gasteiger partial charge in [0.1, 0.15) is 0 Å². The number of hydrogen-bond acceptors (Lipinski definition) is 2. The summed E-state index contributed by atoms with van der Waals surface area (Å²) in [5.74, 6) is 0. The Labute approximate surface area is 591 Å². The molecular weight excluding hydrogens is 1210 g/mol. The van der Waals surface area contributed by atoms with Crippen molar-refractivity contribution in [2.24, 2.45) is 0 Å². The lowest BCUT2D eigenvalue weighted by Gasteiger charge is -2.25. The van der Waals surface area contributed by atoms with E-state index in [9.17, 15) is 0 Å². The highest BCUT2D eigenvalue weighted by atomic mass is 15.1. The van der Waals surface area contributed by atoms with Crippen LogP contribution in [0.3, 0.4) is 0 Å². The van der Waals surface area contributed by atoms with Crippen molar-refractivity contribution in [3.63, 3.8) is 0 Å². The van der Waals surface area contributed by atoms with Crippen LogP contribution >= 0.6 is 0 Å². The quantitative estimate of drug-likeness (QED) is 0.0493. The highest BCUT2D eigenvalue weighted by Crippen LogP contribution is 2.37. The molecule has 2 heteroatoms. The van der Waals surface area contributed by atoms with E-state index in [4.69, 9.17) is 0 Å². The molecule has 0 atom stereocenters. The maximum atomic E-state index is 2.31. The first-order valence-electron chi connectivity index (χ1n) is 34.3. The number of rotatable bonds is 22. The zero-order valence-corrected chi connectivity index (χ0v) is 57.2. The van der Waals surface area contributed by atoms with Crippen LogP contribution in [0, 0.1) is 27.7 Å². The van der Waals surface area contributed by atoms with Gasteiger partial charge in [-0.2, -0.15) is 0 Å². The van der Waals surface area contributed by atoms with Gasteiger partial charge in [0.25, 0.3) is 0 Å². The summed E-state index contributed by atoms with van der Waals surface area (Å²) in [5.41, 5.74) is 30.2. The van der Waals surface area contributed by atoms with Crippen molar-refractivity contribution in [2.45, 2.75) is 27.7 Å². The molecule has 13 aromatic carbocycles. The number of benzene rings is 13. The van der Waals surface area contributed by atoms with Crippen molar-refractivity contribution in [2.75, 3.05) is 9.80 Å². The number of allylic oxidation sites excluding steroid dienone is 4. The standard InChI is InChI=1S/C98H80N2/c1-73-21-57-87(58-22-73)97(88-59-23-74(2)24-60-88)19-11-13-77-29-33-79(34-30-77)41-45-83-49-65-93(66-50-83)99(91-15-7-5-8-16-91)95-69-53-85(54-70-95)47-43-81-37-39-82(40-38-81)44-48-86-55-71-96(72-56-86)100(92-17-9-6-10-18-92)94-67-51-84(52-68-94)46-42-80-35-31-78(32-36-80)14-12-20-98(89-61-25-75(3)26-62-89)90-63-27-76(4)28-64-90/h5-72H,1-4H3. The number of aryl methyl sites for hydroxylation is 4. The molecule has 2 nitrogen and oxygen atoms in total. The zero-order valence-electron chi connectivity index (χ0n) is 57.2. The van der Waals surface area contributed by atoms with E-state index in [1.54, 1.807) is 0 Å². The molecule has 0 heterocycles. The van der Waals surface area contributed by atoms with Gasteiger partial charge in [0.15, 0.2) is 0 Å². The van der Waals surface area contributed by atoms with E-state index >= 15 is 0 Å². The lowest BCUT2D eigenvalue weighted by molar-refractivity contribution is 1.28. The second-order valence-electron chi connectivity index (χ2n) is 25.4. The minimum atomic E-state index is 1.09. The van der Waals surface area contributed by atoms with Gasteiger partial charge in [-0.05, 0) is 190 Å². The van der Waals surface area contributed by atoms with Crippen LogP contribution in [0.5, 0.6) is 0 Å². The third-order valence-electron chi connectivity index (χ3n) is 17.9. The summed E-state index contributed by atoms with van der Waals surface area (Å²) < 4.78 is 0. The van der Waals surface area contributed by atoms with E-state index in [-0.39, 0.29) is 0 Å². The first-order chi connectivity index (χ1) is 49.1. The minimum absolute atomic E-state index is 1.09. The molecule has 482 valence electrons. The molecule has 0 radical (unpaired) electrons. The van der Waals surface area contributed by atoms with Crippen molar-refractivity contribution in [1.82, 2.24) is 0 Å². The van der Waals surface area contributed by atoms with Crippen molar-refractivity contribution in [3.05, 3.63) is 452 Å². The molecule has 0 unspecified atom stereocenters. The molecule has 0 aliphatic rings. The van der Waals surface area contributed by atoms with E-state index < -0.39 is 0 Å². The van der Waals surface area contributed by atoms with E-state index in [0.29, 0.717) is 0 Å². The number of nitrogens with zero attached hydrogens (tertiary/aromatic N) is 2. The molecule has 0 N–H and O–H groups in total. The number of para-hydroxylation sites is 2. The molecular formula is C98H80N2. The highest BCUT2D eigenvalue weighted by Gasteiger charge is 2.15. The molecule has 0 aromatic heterocycles. The second kappa shape index (κ2) is 32.4. The summed E-state index contributed by atoms with van der Waals surface area (Å²) in [4.78, 5) is 4.61. The lowest BCUT2D eigenvalue weighted by atomic mass is 9.96. The van der Waals surface area contributed by atoms with Crippen molar-refractivity contribution in [1.29, 1.82) is 0 Å². The van der Waals surface area contributed by atoms with E-state index in [1.807, 2.05) is 0 Å². The smallest absolute Gasteiger partial charge is 0.0462 e. The molecule has 0 fully saturated rings. The first-order valence-corrected chi connectivity index (χ1v) is 34.3. The topological polar surface area (TPSA) is 6.48 Å². The fraction of sp³-hybridized carbons (Fsp3) is 0.0408. The average molecular weight is 1290 g/mol. The SMILES string of the molecule is Cc1ccc(C(=CC=Cc2ccc(C=Cc3ccc(N(c4ccccc4)c4ccc(C=Cc5ccc(C=Cc6ccc(N(c7ccccc7)c7ccc(C=Cc8ccc(C=CC=C(c9ccc(C)cc9)c9ccc(C)cc9)cc8)cc7)cc6)cc5)cc4)cc3)cc2)c2ccc(C)cc2)cc1. The Morgan fingerprint density at radius 1 is 0.180 bits per heavy atom. The fourth-order valence-corrected chi connectivity index (χ4v) is 12.1. The number of anilines is 6. The van der Waals surface area contributed by atoms with Crippen molar-refractivity contribution < 1.29 is 0 Å². The second-order valence-corrected chi connectivity index (χ2v) is 25.4. The predicted octanol–water partition coefficient (Wildman–Crippen LogP) is 26.8. The van der Waals surface area contributed by atoms with Crippen LogP contribution in [-0.4, -0.2) is 0 Å². The summed E-state index contributed by atoms with van der Waals surface area (Å²) in [6.07, 6.45) is 30.5. The van der Waals surface area contributed by atoms with Crippen LogP contribution in [0.1, 0.15) is 100 Å².